The second kappa shape index (κ2) is 3.92. The van der Waals surface area contributed by atoms with Gasteiger partial charge in [0.2, 0.25) is 0 Å². The molecule has 0 saturated carbocycles. The van der Waals surface area contributed by atoms with E-state index >= 15 is 0 Å². The summed E-state index contributed by atoms with van der Waals surface area (Å²) in [5, 5.41) is 7.83. The molecule has 4 nitrogen and oxygen atoms in total. The van der Waals surface area contributed by atoms with Crippen LogP contribution in [0.5, 0.6) is 0 Å². The van der Waals surface area contributed by atoms with Crippen LogP contribution < -0.4 is 5.73 Å². The number of aromatic nitrogens is 3. The van der Waals surface area contributed by atoms with Crippen LogP contribution >= 0.6 is 0 Å². The van der Waals surface area contributed by atoms with Crippen LogP contribution in [-0.2, 0) is 0 Å². The monoisotopic (exact) mass is 220 g/mol. The lowest BCUT2D eigenvalue weighted by Gasteiger charge is -2.09. The number of nitrogen functional groups attached to an aromatic ring is 1. The van der Waals surface area contributed by atoms with E-state index in [4.69, 9.17) is 5.73 Å². The van der Waals surface area contributed by atoms with E-state index in [1.165, 1.54) is 12.1 Å². The summed E-state index contributed by atoms with van der Waals surface area (Å²) < 4.78 is 15.1. The van der Waals surface area contributed by atoms with Crippen molar-refractivity contribution < 1.29 is 4.39 Å². The Morgan fingerprint density at radius 1 is 1.38 bits per heavy atom. The Bertz CT molecular complexity index is 504. The molecule has 16 heavy (non-hydrogen) atoms. The Morgan fingerprint density at radius 2 is 2.12 bits per heavy atom. The molecule has 2 rings (SSSR count). The van der Waals surface area contributed by atoms with E-state index in [1.807, 2.05) is 13.8 Å². The average molecular weight is 220 g/mol. The van der Waals surface area contributed by atoms with E-state index in [2.05, 4.69) is 10.2 Å². The van der Waals surface area contributed by atoms with Crippen molar-refractivity contribution in [3.05, 3.63) is 36.2 Å². The molecule has 0 aliphatic rings. The van der Waals surface area contributed by atoms with Crippen LogP contribution in [0.3, 0.4) is 0 Å². The number of anilines is 1. The molecule has 1 aromatic carbocycles. The third-order valence-electron chi connectivity index (χ3n) is 2.35. The molecule has 0 aliphatic carbocycles. The molecule has 1 aromatic heterocycles. The second-order valence-corrected chi connectivity index (χ2v) is 3.92. The van der Waals surface area contributed by atoms with Crippen molar-refractivity contribution in [2.75, 3.05) is 5.73 Å². The van der Waals surface area contributed by atoms with Crippen molar-refractivity contribution in [2.24, 2.45) is 0 Å². The SMILES string of the molecule is CC(C)c1nncn1-c1ccc(N)c(F)c1. The van der Waals surface area contributed by atoms with Crippen LogP contribution in [0.15, 0.2) is 24.5 Å². The van der Waals surface area contributed by atoms with Crippen LogP contribution in [-0.4, -0.2) is 14.8 Å². The molecule has 0 radical (unpaired) electrons. The van der Waals surface area contributed by atoms with Crippen molar-refractivity contribution in [1.82, 2.24) is 14.8 Å². The largest absolute Gasteiger partial charge is 0.396 e. The maximum absolute atomic E-state index is 13.3. The molecule has 0 fully saturated rings. The van der Waals surface area contributed by atoms with Crippen molar-refractivity contribution in [3.8, 4) is 5.69 Å². The maximum atomic E-state index is 13.3. The Morgan fingerprint density at radius 3 is 2.75 bits per heavy atom. The molecule has 0 atom stereocenters. The van der Waals surface area contributed by atoms with Gasteiger partial charge in [0.05, 0.1) is 11.4 Å². The van der Waals surface area contributed by atoms with Crippen molar-refractivity contribution >= 4 is 5.69 Å². The van der Waals surface area contributed by atoms with Gasteiger partial charge in [0, 0.05) is 12.0 Å². The van der Waals surface area contributed by atoms with Gasteiger partial charge in [-0.25, -0.2) is 4.39 Å². The molecular formula is C11H13FN4. The zero-order valence-electron chi connectivity index (χ0n) is 9.18. The van der Waals surface area contributed by atoms with E-state index < -0.39 is 5.82 Å². The summed E-state index contributed by atoms with van der Waals surface area (Å²) in [5.74, 6) is 0.591. The Labute approximate surface area is 92.9 Å². The molecule has 0 spiro atoms. The van der Waals surface area contributed by atoms with Gasteiger partial charge in [-0.05, 0) is 12.1 Å². The summed E-state index contributed by atoms with van der Waals surface area (Å²) in [6, 6.07) is 4.66. The molecule has 2 N–H and O–H groups in total. The van der Waals surface area contributed by atoms with Crippen molar-refractivity contribution in [3.63, 3.8) is 0 Å². The lowest BCUT2D eigenvalue weighted by molar-refractivity contribution is 0.630. The fourth-order valence-electron chi connectivity index (χ4n) is 1.50. The van der Waals surface area contributed by atoms with E-state index in [1.54, 1.807) is 17.0 Å². The molecular weight excluding hydrogens is 207 g/mol. The number of hydrogen-bond acceptors (Lipinski definition) is 3. The zero-order valence-corrected chi connectivity index (χ0v) is 9.18. The molecule has 5 heteroatoms. The Balaban J connectivity index is 2.50. The van der Waals surface area contributed by atoms with Crippen LogP contribution in [0.1, 0.15) is 25.6 Å². The minimum Gasteiger partial charge on any atom is -0.396 e. The first-order chi connectivity index (χ1) is 7.59. The van der Waals surface area contributed by atoms with Crippen LogP contribution in [0.4, 0.5) is 10.1 Å². The first kappa shape index (κ1) is 10.6. The summed E-state index contributed by atoms with van der Waals surface area (Å²) in [6.45, 7) is 4.02. The van der Waals surface area contributed by atoms with Crippen LogP contribution in [0.25, 0.3) is 5.69 Å². The van der Waals surface area contributed by atoms with Crippen molar-refractivity contribution in [2.45, 2.75) is 19.8 Å². The third-order valence-corrected chi connectivity index (χ3v) is 2.35. The van der Waals surface area contributed by atoms with Gasteiger partial charge in [-0.2, -0.15) is 0 Å². The standard InChI is InChI=1S/C11H13FN4/c1-7(2)11-15-14-6-16(11)8-3-4-10(13)9(12)5-8/h3-7H,13H2,1-2H3. The first-order valence-electron chi connectivity index (χ1n) is 5.05. The van der Waals surface area contributed by atoms with Crippen LogP contribution in [0, 0.1) is 5.82 Å². The lowest BCUT2D eigenvalue weighted by Crippen LogP contribution is -2.03. The van der Waals surface area contributed by atoms with Gasteiger partial charge in [-0.15, -0.1) is 10.2 Å². The number of hydrogen-bond donors (Lipinski definition) is 1. The van der Waals surface area contributed by atoms with Gasteiger partial charge >= 0.3 is 0 Å². The number of nitrogens with two attached hydrogens (primary N) is 1. The fraction of sp³-hybridized carbons (Fsp3) is 0.273. The number of halogens is 1. The summed E-state index contributed by atoms with van der Waals surface area (Å²) in [5.41, 5.74) is 6.25. The molecule has 84 valence electrons. The van der Waals surface area contributed by atoms with Gasteiger partial charge in [0.15, 0.2) is 0 Å². The Kier molecular flexibility index (Phi) is 2.60. The topological polar surface area (TPSA) is 56.7 Å². The quantitative estimate of drug-likeness (QED) is 0.788. The van der Waals surface area contributed by atoms with Gasteiger partial charge in [-0.3, -0.25) is 4.57 Å². The predicted octanol–water partition coefficient (Wildman–Crippen LogP) is 2.11. The van der Waals surface area contributed by atoms with E-state index in [0.717, 1.165) is 5.82 Å². The Hall–Kier alpha value is -1.91. The van der Waals surface area contributed by atoms with E-state index in [-0.39, 0.29) is 11.6 Å². The molecule has 0 saturated heterocycles. The fourth-order valence-corrected chi connectivity index (χ4v) is 1.50. The number of nitrogens with zero attached hydrogens (tertiary/aromatic N) is 3. The van der Waals surface area contributed by atoms with E-state index in [9.17, 15) is 4.39 Å². The highest BCUT2D eigenvalue weighted by molar-refractivity contribution is 5.46. The van der Waals surface area contributed by atoms with Gasteiger partial charge in [0.25, 0.3) is 0 Å². The highest BCUT2D eigenvalue weighted by Crippen LogP contribution is 2.19. The zero-order chi connectivity index (χ0) is 11.7. The second-order valence-electron chi connectivity index (χ2n) is 3.92. The molecule has 1 heterocycles. The minimum atomic E-state index is -0.430. The first-order valence-corrected chi connectivity index (χ1v) is 5.05. The highest BCUT2D eigenvalue weighted by atomic mass is 19.1. The van der Waals surface area contributed by atoms with Crippen molar-refractivity contribution in [1.29, 1.82) is 0 Å². The number of rotatable bonds is 2. The third kappa shape index (κ3) is 1.76. The predicted molar refractivity (Wildman–Crippen MR) is 59.8 cm³/mol. The smallest absolute Gasteiger partial charge is 0.148 e. The minimum absolute atomic E-state index is 0.142. The average Bonchev–Trinajstić information content (AvgIpc) is 2.71. The summed E-state index contributed by atoms with van der Waals surface area (Å²) >= 11 is 0. The summed E-state index contributed by atoms with van der Waals surface area (Å²) in [4.78, 5) is 0. The van der Waals surface area contributed by atoms with Gasteiger partial charge < -0.3 is 5.73 Å². The molecule has 0 aliphatic heterocycles. The summed E-state index contributed by atoms with van der Waals surface area (Å²) in [6.07, 6.45) is 1.57. The molecule has 2 aromatic rings. The molecule has 0 unspecified atom stereocenters. The molecule has 0 amide bonds. The van der Waals surface area contributed by atoms with E-state index in [0.29, 0.717) is 5.69 Å². The van der Waals surface area contributed by atoms with Crippen LogP contribution in [0.2, 0.25) is 0 Å². The maximum Gasteiger partial charge on any atom is 0.148 e. The number of benzene rings is 1. The van der Waals surface area contributed by atoms with Gasteiger partial charge in [0.1, 0.15) is 18.0 Å². The normalized spacial score (nSPS) is 11.0. The summed E-state index contributed by atoms with van der Waals surface area (Å²) in [7, 11) is 0. The molecule has 0 bridgehead atoms. The lowest BCUT2D eigenvalue weighted by atomic mass is 10.2. The van der Waals surface area contributed by atoms with Gasteiger partial charge in [-0.1, -0.05) is 13.8 Å². The highest BCUT2D eigenvalue weighted by Gasteiger charge is 2.11.